The first-order chi connectivity index (χ1) is 7.09. The maximum atomic E-state index is 4.24. The monoisotopic (exact) mass is 211 g/mol. The zero-order valence-electron chi connectivity index (χ0n) is 10.1. The van der Waals surface area contributed by atoms with Gasteiger partial charge in [-0.15, -0.1) is 0 Å². The van der Waals surface area contributed by atoms with Crippen LogP contribution in [0.3, 0.4) is 0 Å². The second-order valence-corrected chi connectivity index (χ2v) is 4.24. The maximum absolute atomic E-state index is 4.24. The van der Waals surface area contributed by atoms with Gasteiger partial charge in [0.25, 0.3) is 0 Å². The Balaban J connectivity index is 2.46. The van der Waals surface area contributed by atoms with Crippen LogP contribution in [0.25, 0.3) is 0 Å². The first kappa shape index (κ1) is 12.1. The topological polar surface area (TPSA) is 46.0 Å². The van der Waals surface area contributed by atoms with Crippen LogP contribution >= 0.6 is 0 Å². The molecule has 0 unspecified atom stereocenters. The van der Waals surface area contributed by atoms with Crippen molar-refractivity contribution in [3.05, 3.63) is 12.2 Å². The minimum Gasteiger partial charge on any atom is -0.308 e. The Morgan fingerprint density at radius 2 is 2.20 bits per heavy atom. The van der Waals surface area contributed by atoms with Gasteiger partial charge in [-0.2, -0.15) is 5.10 Å². The van der Waals surface area contributed by atoms with Gasteiger partial charge in [0.2, 0.25) is 0 Å². The number of rotatable bonds is 6. The number of nitrogens with zero attached hydrogens (tertiary/aromatic N) is 4. The number of hydrogen-bond donors (Lipinski definition) is 1. The van der Waals surface area contributed by atoms with Crippen LogP contribution < -0.4 is 5.32 Å². The summed E-state index contributed by atoms with van der Waals surface area (Å²) in [6.45, 7) is 6.91. The Labute approximate surface area is 91.5 Å². The Kier molecular flexibility index (Phi) is 4.71. The summed E-state index contributed by atoms with van der Waals surface area (Å²) in [5, 5.41) is 7.54. The van der Waals surface area contributed by atoms with Crippen molar-refractivity contribution in [3.63, 3.8) is 0 Å². The third-order valence-electron chi connectivity index (χ3n) is 2.12. The van der Waals surface area contributed by atoms with Crippen molar-refractivity contribution >= 4 is 0 Å². The molecule has 0 atom stereocenters. The zero-order chi connectivity index (χ0) is 11.3. The minimum atomic E-state index is 0.476. The molecule has 0 saturated carbocycles. The summed E-state index contributed by atoms with van der Waals surface area (Å²) in [7, 11) is 4.12. The Hall–Kier alpha value is -0.940. The lowest BCUT2D eigenvalue weighted by Crippen LogP contribution is -2.26. The molecule has 5 heteroatoms. The molecular weight excluding hydrogens is 190 g/mol. The standard InChI is InChI=1S/C10H21N5/c1-9(2)11-7-10-12-8-13-15(10)6-5-14(3)4/h8-9,11H,5-7H2,1-4H3. The molecule has 86 valence electrons. The van der Waals surface area contributed by atoms with Gasteiger partial charge in [-0.1, -0.05) is 13.8 Å². The van der Waals surface area contributed by atoms with Crippen LogP contribution in [0.2, 0.25) is 0 Å². The van der Waals surface area contributed by atoms with E-state index in [1.807, 2.05) is 4.68 Å². The summed E-state index contributed by atoms with van der Waals surface area (Å²) < 4.78 is 1.95. The molecule has 0 bridgehead atoms. The van der Waals surface area contributed by atoms with Crippen molar-refractivity contribution in [1.82, 2.24) is 25.0 Å². The van der Waals surface area contributed by atoms with Gasteiger partial charge in [0, 0.05) is 12.6 Å². The highest BCUT2D eigenvalue weighted by molar-refractivity contribution is 4.84. The van der Waals surface area contributed by atoms with E-state index in [0.29, 0.717) is 6.04 Å². The second-order valence-electron chi connectivity index (χ2n) is 4.24. The van der Waals surface area contributed by atoms with E-state index in [2.05, 4.69) is 48.2 Å². The molecule has 1 heterocycles. The predicted octanol–water partition coefficient (Wildman–Crippen LogP) is 0.338. The summed E-state index contributed by atoms with van der Waals surface area (Å²) in [5.74, 6) is 1.01. The van der Waals surface area contributed by atoms with E-state index in [9.17, 15) is 0 Å². The minimum absolute atomic E-state index is 0.476. The lowest BCUT2D eigenvalue weighted by molar-refractivity contribution is 0.366. The van der Waals surface area contributed by atoms with Gasteiger partial charge in [-0.25, -0.2) is 9.67 Å². The molecule has 0 amide bonds. The SMILES string of the molecule is CC(C)NCc1ncnn1CCN(C)C. The zero-order valence-corrected chi connectivity index (χ0v) is 10.1. The molecule has 5 nitrogen and oxygen atoms in total. The normalized spacial score (nSPS) is 11.6. The van der Waals surface area contributed by atoms with Crippen molar-refractivity contribution < 1.29 is 0 Å². The molecule has 1 N–H and O–H groups in total. The summed E-state index contributed by atoms with van der Waals surface area (Å²) in [6, 6.07) is 0.476. The maximum Gasteiger partial charge on any atom is 0.140 e. The third-order valence-corrected chi connectivity index (χ3v) is 2.12. The fourth-order valence-electron chi connectivity index (χ4n) is 1.20. The molecule has 0 spiro atoms. The van der Waals surface area contributed by atoms with Gasteiger partial charge < -0.3 is 10.2 Å². The van der Waals surface area contributed by atoms with E-state index in [4.69, 9.17) is 0 Å². The van der Waals surface area contributed by atoms with Crippen LogP contribution in [-0.4, -0.2) is 46.3 Å². The number of nitrogens with one attached hydrogen (secondary N) is 1. The molecule has 0 aromatic carbocycles. The van der Waals surface area contributed by atoms with Crippen molar-refractivity contribution in [3.8, 4) is 0 Å². The van der Waals surface area contributed by atoms with Crippen LogP contribution in [0.15, 0.2) is 6.33 Å². The molecule has 0 aliphatic carbocycles. The lowest BCUT2D eigenvalue weighted by atomic mass is 10.4. The quantitative estimate of drug-likeness (QED) is 0.737. The van der Waals surface area contributed by atoms with E-state index in [-0.39, 0.29) is 0 Å². The van der Waals surface area contributed by atoms with Gasteiger partial charge in [0.05, 0.1) is 13.1 Å². The van der Waals surface area contributed by atoms with Gasteiger partial charge in [-0.05, 0) is 14.1 Å². The largest absolute Gasteiger partial charge is 0.308 e. The third kappa shape index (κ3) is 4.40. The summed E-state index contributed by atoms with van der Waals surface area (Å²) in [6.07, 6.45) is 1.62. The first-order valence-electron chi connectivity index (χ1n) is 5.34. The molecule has 1 rings (SSSR count). The van der Waals surface area contributed by atoms with Gasteiger partial charge in [0.15, 0.2) is 0 Å². The van der Waals surface area contributed by atoms with E-state index in [0.717, 1.165) is 25.5 Å². The van der Waals surface area contributed by atoms with Crippen molar-refractivity contribution in [2.75, 3.05) is 20.6 Å². The van der Waals surface area contributed by atoms with Gasteiger partial charge >= 0.3 is 0 Å². The molecule has 0 aliphatic heterocycles. The second kappa shape index (κ2) is 5.82. The van der Waals surface area contributed by atoms with Crippen LogP contribution in [0, 0.1) is 0 Å². The average Bonchev–Trinajstić information content (AvgIpc) is 2.58. The highest BCUT2D eigenvalue weighted by atomic mass is 15.3. The van der Waals surface area contributed by atoms with Crippen molar-refractivity contribution in [2.24, 2.45) is 0 Å². The molecule has 0 fully saturated rings. The Morgan fingerprint density at radius 1 is 1.47 bits per heavy atom. The average molecular weight is 211 g/mol. The Morgan fingerprint density at radius 3 is 2.80 bits per heavy atom. The fraction of sp³-hybridized carbons (Fsp3) is 0.800. The van der Waals surface area contributed by atoms with Crippen LogP contribution in [-0.2, 0) is 13.1 Å². The summed E-state index contributed by atoms with van der Waals surface area (Å²) in [4.78, 5) is 6.38. The van der Waals surface area contributed by atoms with Crippen LogP contribution in [0.1, 0.15) is 19.7 Å². The molecule has 1 aromatic heterocycles. The molecule has 1 aromatic rings. The first-order valence-corrected chi connectivity index (χ1v) is 5.34. The van der Waals surface area contributed by atoms with E-state index >= 15 is 0 Å². The van der Waals surface area contributed by atoms with Crippen LogP contribution in [0.4, 0.5) is 0 Å². The highest BCUT2D eigenvalue weighted by Crippen LogP contribution is 1.95. The highest BCUT2D eigenvalue weighted by Gasteiger charge is 2.04. The number of aromatic nitrogens is 3. The Bertz CT molecular complexity index is 253. The summed E-state index contributed by atoms with van der Waals surface area (Å²) in [5.41, 5.74) is 0. The number of likely N-dealkylation sites (N-methyl/N-ethyl adjacent to an activating group) is 1. The molecule has 15 heavy (non-hydrogen) atoms. The predicted molar refractivity (Wildman–Crippen MR) is 60.6 cm³/mol. The molecule has 0 saturated heterocycles. The molecule has 0 radical (unpaired) electrons. The van der Waals surface area contributed by atoms with Gasteiger partial charge in [0.1, 0.15) is 12.2 Å². The van der Waals surface area contributed by atoms with E-state index in [1.54, 1.807) is 6.33 Å². The lowest BCUT2D eigenvalue weighted by Gasteiger charge is -2.12. The number of hydrogen-bond acceptors (Lipinski definition) is 4. The van der Waals surface area contributed by atoms with Crippen LogP contribution in [0.5, 0.6) is 0 Å². The fourth-order valence-corrected chi connectivity index (χ4v) is 1.20. The van der Waals surface area contributed by atoms with E-state index < -0.39 is 0 Å². The molecular formula is C10H21N5. The van der Waals surface area contributed by atoms with Crippen molar-refractivity contribution in [1.29, 1.82) is 0 Å². The smallest absolute Gasteiger partial charge is 0.140 e. The van der Waals surface area contributed by atoms with Crippen molar-refractivity contribution in [2.45, 2.75) is 33.0 Å². The molecule has 0 aliphatic rings. The van der Waals surface area contributed by atoms with E-state index in [1.165, 1.54) is 0 Å². The van der Waals surface area contributed by atoms with Gasteiger partial charge in [-0.3, -0.25) is 0 Å². The summed E-state index contributed by atoms with van der Waals surface area (Å²) >= 11 is 0.